The fraction of sp³-hybridized carbons (Fsp3) is 0.524. The highest BCUT2D eigenvalue weighted by atomic mass is 32.2. The Labute approximate surface area is 175 Å². The molecule has 0 saturated carbocycles. The van der Waals surface area contributed by atoms with Gasteiger partial charge in [0.15, 0.2) is 5.16 Å². The number of amides is 1. The number of carbonyl (C=O) groups is 1. The summed E-state index contributed by atoms with van der Waals surface area (Å²) < 4.78 is 1.71. The molecule has 0 aromatic carbocycles. The van der Waals surface area contributed by atoms with Gasteiger partial charge in [0.2, 0.25) is 5.91 Å². The number of fused-ring (bicyclic) bond motifs is 1. The summed E-state index contributed by atoms with van der Waals surface area (Å²) in [5.41, 5.74) is 2.64. The molecular weight excluding hydrogens is 386 g/mol. The first-order valence-corrected chi connectivity index (χ1v) is 11.2. The summed E-state index contributed by atoms with van der Waals surface area (Å²) in [4.78, 5) is 39.2. The molecule has 1 amide bonds. The molecule has 1 saturated heterocycles. The van der Waals surface area contributed by atoms with Crippen molar-refractivity contribution in [2.75, 3.05) is 31.9 Å². The zero-order valence-electron chi connectivity index (χ0n) is 17.0. The summed E-state index contributed by atoms with van der Waals surface area (Å²) in [7, 11) is 0. The van der Waals surface area contributed by atoms with Crippen molar-refractivity contribution >= 4 is 17.7 Å². The number of rotatable bonds is 4. The zero-order valence-corrected chi connectivity index (χ0v) is 17.8. The fourth-order valence-electron chi connectivity index (χ4n) is 4.06. The lowest BCUT2D eigenvalue weighted by molar-refractivity contribution is -0.137. The Kier molecular flexibility index (Phi) is 6.01. The molecule has 0 aliphatic carbocycles. The third-order valence-electron chi connectivity index (χ3n) is 5.75. The smallest absolute Gasteiger partial charge is 0.257 e. The van der Waals surface area contributed by atoms with Crippen LogP contribution in [0.5, 0.6) is 0 Å². The van der Waals surface area contributed by atoms with E-state index < -0.39 is 0 Å². The molecule has 0 N–H and O–H groups in total. The minimum absolute atomic E-state index is 0.0141. The van der Waals surface area contributed by atoms with Gasteiger partial charge in [0.05, 0.1) is 11.6 Å². The number of hydrogen-bond donors (Lipinski definition) is 0. The molecule has 7 nitrogen and oxygen atoms in total. The average Bonchev–Trinajstić information content (AvgIpc) is 2.75. The van der Waals surface area contributed by atoms with Gasteiger partial charge in [0.25, 0.3) is 5.56 Å². The highest BCUT2D eigenvalue weighted by Crippen LogP contribution is 2.27. The number of piperazine rings is 1. The Hall–Kier alpha value is -2.19. The quantitative estimate of drug-likeness (QED) is 0.709. The molecule has 29 heavy (non-hydrogen) atoms. The third kappa shape index (κ3) is 4.23. The molecule has 1 atom stereocenters. The molecule has 2 aromatic rings. The molecule has 0 radical (unpaired) electrons. The summed E-state index contributed by atoms with van der Waals surface area (Å²) in [6.45, 7) is 8.26. The van der Waals surface area contributed by atoms with E-state index in [0.29, 0.717) is 18.7 Å². The summed E-state index contributed by atoms with van der Waals surface area (Å²) in [6, 6.07) is 5.96. The number of aromatic nitrogens is 3. The van der Waals surface area contributed by atoms with Gasteiger partial charge in [0, 0.05) is 62.5 Å². The predicted molar refractivity (Wildman–Crippen MR) is 113 cm³/mol. The van der Waals surface area contributed by atoms with E-state index >= 15 is 0 Å². The van der Waals surface area contributed by atoms with Crippen molar-refractivity contribution in [2.24, 2.45) is 5.92 Å². The van der Waals surface area contributed by atoms with Crippen molar-refractivity contribution in [3.63, 3.8) is 0 Å². The predicted octanol–water partition coefficient (Wildman–Crippen LogP) is 1.58. The molecule has 0 bridgehead atoms. The molecule has 4 heterocycles. The van der Waals surface area contributed by atoms with E-state index in [-0.39, 0.29) is 17.4 Å². The Morgan fingerprint density at radius 1 is 1.24 bits per heavy atom. The van der Waals surface area contributed by atoms with Gasteiger partial charge in [-0.2, -0.15) is 0 Å². The fourth-order valence-corrected chi connectivity index (χ4v) is 5.17. The second-order valence-electron chi connectivity index (χ2n) is 7.66. The molecule has 2 aliphatic heterocycles. The highest BCUT2D eigenvalue weighted by molar-refractivity contribution is 7.99. The van der Waals surface area contributed by atoms with Crippen LogP contribution in [0.3, 0.4) is 0 Å². The largest absolute Gasteiger partial charge is 0.340 e. The lowest BCUT2D eigenvalue weighted by Gasteiger charge is -2.37. The average molecular weight is 414 g/mol. The molecule has 1 fully saturated rings. The van der Waals surface area contributed by atoms with Crippen LogP contribution in [0.4, 0.5) is 0 Å². The van der Waals surface area contributed by atoms with Crippen LogP contribution in [-0.4, -0.2) is 62.2 Å². The van der Waals surface area contributed by atoms with Gasteiger partial charge in [-0.1, -0.05) is 24.8 Å². The molecule has 2 aliphatic rings. The van der Waals surface area contributed by atoms with E-state index in [9.17, 15) is 9.59 Å². The Balaban J connectivity index is 1.38. The molecule has 2 aromatic heterocycles. The molecular formula is C21H27N5O2S. The van der Waals surface area contributed by atoms with Gasteiger partial charge in [-0.05, 0) is 25.5 Å². The van der Waals surface area contributed by atoms with E-state index in [2.05, 4.69) is 14.9 Å². The SMILES string of the molecule is CCc1c(C)nc2n(c1=O)CC(C(=O)N1CCN(Cc3ccccn3)CC1)CS2. The van der Waals surface area contributed by atoms with Crippen molar-refractivity contribution in [1.29, 1.82) is 0 Å². The third-order valence-corrected chi connectivity index (χ3v) is 6.89. The van der Waals surface area contributed by atoms with Crippen LogP contribution in [-0.2, 0) is 24.3 Å². The molecule has 4 rings (SSSR count). The van der Waals surface area contributed by atoms with Crippen molar-refractivity contribution in [1.82, 2.24) is 24.3 Å². The summed E-state index contributed by atoms with van der Waals surface area (Å²) in [6.07, 6.45) is 2.48. The summed E-state index contributed by atoms with van der Waals surface area (Å²) in [5, 5.41) is 0.744. The molecule has 8 heteroatoms. The summed E-state index contributed by atoms with van der Waals surface area (Å²) >= 11 is 1.52. The minimum Gasteiger partial charge on any atom is -0.340 e. The van der Waals surface area contributed by atoms with Crippen molar-refractivity contribution in [3.8, 4) is 0 Å². The van der Waals surface area contributed by atoms with Gasteiger partial charge >= 0.3 is 0 Å². The zero-order chi connectivity index (χ0) is 20.4. The van der Waals surface area contributed by atoms with Crippen molar-refractivity contribution in [2.45, 2.75) is 38.5 Å². The van der Waals surface area contributed by atoms with Crippen LogP contribution in [0.25, 0.3) is 0 Å². The Bertz CT molecular complexity index is 938. The van der Waals surface area contributed by atoms with E-state index in [1.54, 1.807) is 4.57 Å². The number of hydrogen-bond acceptors (Lipinski definition) is 6. The standard InChI is InChI=1S/C21H27N5O2S/c1-3-18-15(2)23-21-26(20(18)28)12-16(14-29-21)19(27)25-10-8-24(9-11-25)13-17-6-4-5-7-22-17/h4-7,16H,3,8-14H2,1-2H3. The Morgan fingerprint density at radius 3 is 2.72 bits per heavy atom. The number of nitrogens with zero attached hydrogens (tertiary/aromatic N) is 5. The number of aryl methyl sites for hydroxylation is 1. The molecule has 0 spiro atoms. The lowest BCUT2D eigenvalue weighted by Crippen LogP contribution is -2.51. The highest BCUT2D eigenvalue weighted by Gasteiger charge is 2.32. The van der Waals surface area contributed by atoms with Gasteiger partial charge in [-0.3, -0.25) is 24.0 Å². The molecule has 1 unspecified atom stereocenters. The lowest BCUT2D eigenvalue weighted by atomic mass is 10.1. The maximum absolute atomic E-state index is 13.1. The van der Waals surface area contributed by atoms with Crippen LogP contribution in [0.2, 0.25) is 0 Å². The topological polar surface area (TPSA) is 71.3 Å². The maximum Gasteiger partial charge on any atom is 0.257 e. The van der Waals surface area contributed by atoms with Crippen LogP contribution in [0, 0.1) is 12.8 Å². The minimum atomic E-state index is -0.165. The first-order chi connectivity index (χ1) is 14.1. The van der Waals surface area contributed by atoms with E-state index in [1.165, 1.54) is 11.8 Å². The van der Waals surface area contributed by atoms with E-state index in [1.807, 2.05) is 43.1 Å². The number of thioether (sulfide) groups is 1. The Morgan fingerprint density at radius 2 is 2.03 bits per heavy atom. The second-order valence-corrected chi connectivity index (χ2v) is 8.65. The second kappa shape index (κ2) is 8.67. The summed E-state index contributed by atoms with van der Waals surface area (Å²) in [5.74, 6) is 0.678. The monoisotopic (exact) mass is 413 g/mol. The van der Waals surface area contributed by atoms with Crippen molar-refractivity contribution < 1.29 is 4.79 Å². The van der Waals surface area contributed by atoms with E-state index in [4.69, 9.17) is 0 Å². The van der Waals surface area contributed by atoms with Crippen LogP contribution < -0.4 is 5.56 Å². The van der Waals surface area contributed by atoms with Gasteiger partial charge in [-0.25, -0.2) is 4.98 Å². The molecule has 154 valence electrons. The maximum atomic E-state index is 13.1. The first-order valence-electron chi connectivity index (χ1n) is 10.2. The number of pyridine rings is 1. The van der Waals surface area contributed by atoms with Crippen LogP contribution in [0.15, 0.2) is 34.3 Å². The normalized spacial score (nSPS) is 19.8. The number of carbonyl (C=O) groups excluding carboxylic acids is 1. The first kappa shape index (κ1) is 20.1. The van der Waals surface area contributed by atoms with Gasteiger partial charge in [0.1, 0.15) is 0 Å². The van der Waals surface area contributed by atoms with Gasteiger partial charge < -0.3 is 4.90 Å². The van der Waals surface area contributed by atoms with Crippen LogP contribution in [0.1, 0.15) is 23.9 Å². The van der Waals surface area contributed by atoms with Gasteiger partial charge in [-0.15, -0.1) is 0 Å². The van der Waals surface area contributed by atoms with Crippen molar-refractivity contribution in [3.05, 3.63) is 51.7 Å². The van der Waals surface area contributed by atoms with Crippen LogP contribution >= 0.6 is 11.8 Å². The van der Waals surface area contributed by atoms with E-state index in [0.717, 1.165) is 54.8 Å².